The number of nitrogens with one attached hydrogen (secondary N) is 1. The van der Waals surface area contributed by atoms with Crippen LogP contribution in [-0.4, -0.2) is 44.8 Å². The molecule has 6 heteroatoms. The van der Waals surface area contributed by atoms with Gasteiger partial charge >= 0.3 is 0 Å². The van der Waals surface area contributed by atoms with Gasteiger partial charge in [0.25, 0.3) is 5.91 Å². The number of halogens is 2. The molecular formula is C25H27BCl2N2O. The summed E-state index contributed by atoms with van der Waals surface area (Å²) in [6, 6.07) is 18.1. The molecule has 0 radical (unpaired) electrons. The number of nitrogens with zero attached hydrogens (tertiary/aromatic N) is 1. The fourth-order valence-corrected chi connectivity index (χ4v) is 4.67. The molecule has 1 aliphatic heterocycles. The number of piperidine rings is 1. The molecule has 3 nitrogen and oxygen atoms in total. The highest BCUT2D eigenvalue weighted by molar-refractivity contribution is 6.42. The van der Waals surface area contributed by atoms with E-state index in [9.17, 15) is 4.79 Å². The Balaban J connectivity index is 1.21. The summed E-state index contributed by atoms with van der Waals surface area (Å²) in [7, 11) is 2.08. The SMILES string of the molecule is Bc1ccc2cc(C(=O)NCCN3CCC(Cc4ccc(Cl)c(Cl)c4)CC3)ccc2c1. The summed E-state index contributed by atoms with van der Waals surface area (Å²) in [6.07, 6.45) is 3.37. The number of carbonyl (C=O) groups is 1. The van der Waals surface area contributed by atoms with Gasteiger partial charge in [-0.3, -0.25) is 4.79 Å². The van der Waals surface area contributed by atoms with Gasteiger partial charge in [-0.05, 0) is 78.9 Å². The number of benzene rings is 3. The smallest absolute Gasteiger partial charge is 0.251 e. The molecular weight excluding hydrogens is 426 g/mol. The topological polar surface area (TPSA) is 32.3 Å². The highest BCUT2D eigenvalue weighted by Gasteiger charge is 2.19. The van der Waals surface area contributed by atoms with Crippen LogP contribution >= 0.6 is 23.2 Å². The van der Waals surface area contributed by atoms with Gasteiger partial charge in [0.2, 0.25) is 0 Å². The van der Waals surface area contributed by atoms with Crippen molar-refractivity contribution in [1.82, 2.24) is 10.2 Å². The van der Waals surface area contributed by atoms with E-state index >= 15 is 0 Å². The number of rotatable bonds is 6. The first kappa shape index (κ1) is 22.2. The summed E-state index contributed by atoms with van der Waals surface area (Å²) < 4.78 is 0. The first-order chi connectivity index (χ1) is 15.0. The number of hydrogen-bond acceptors (Lipinski definition) is 2. The minimum Gasteiger partial charge on any atom is -0.351 e. The van der Waals surface area contributed by atoms with E-state index in [1.165, 1.54) is 16.4 Å². The van der Waals surface area contributed by atoms with Gasteiger partial charge < -0.3 is 10.2 Å². The summed E-state index contributed by atoms with van der Waals surface area (Å²) in [5.74, 6) is 0.668. The summed E-state index contributed by atoms with van der Waals surface area (Å²) in [4.78, 5) is 15.0. The molecule has 3 aromatic rings. The van der Waals surface area contributed by atoms with Crippen molar-refractivity contribution in [3.63, 3.8) is 0 Å². The highest BCUT2D eigenvalue weighted by atomic mass is 35.5. The lowest BCUT2D eigenvalue weighted by molar-refractivity contribution is 0.0944. The zero-order valence-electron chi connectivity index (χ0n) is 17.8. The van der Waals surface area contributed by atoms with Crippen molar-refractivity contribution in [3.8, 4) is 0 Å². The fraction of sp³-hybridized carbons (Fsp3) is 0.320. The van der Waals surface area contributed by atoms with Crippen LogP contribution in [0.2, 0.25) is 10.0 Å². The minimum atomic E-state index is -0.00280. The highest BCUT2D eigenvalue weighted by Crippen LogP contribution is 2.26. The van der Waals surface area contributed by atoms with Gasteiger partial charge in [-0.15, -0.1) is 0 Å². The molecule has 4 rings (SSSR count). The number of carbonyl (C=O) groups excluding carboxylic acids is 1. The van der Waals surface area contributed by atoms with Crippen LogP contribution in [0.3, 0.4) is 0 Å². The third kappa shape index (κ3) is 5.82. The Hall–Kier alpha value is -2.01. The van der Waals surface area contributed by atoms with Crippen LogP contribution in [0.5, 0.6) is 0 Å². The summed E-state index contributed by atoms with van der Waals surface area (Å²) >= 11 is 12.2. The van der Waals surface area contributed by atoms with Gasteiger partial charge in [-0.25, -0.2) is 0 Å². The van der Waals surface area contributed by atoms with Gasteiger partial charge in [0.15, 0.2) is 0 Å². The van der Waals surface area contributed by atoms with E-state index < -0.39 is 0 Å². The lowest BCUT2D eigenvalue weighted by Crippen LogP contribution is -2.39. The molecule has 0 aliphatic carbocycles. The molecule has 1 fully saturated rings. The van der Waals surface area contributed by atoms with Gasteiger partial charge in [0, 0.05) is 18.7 Å². The largest absolute Gasteiger partial charge is 0.351 e. The molecule has 0 aromatic heterocycles. The first-order valence-electron chi connectivity index (χ1n) is 10.9. The predicted molar refractivity (Wildman–Crippen MR) is 134 cm³/mol. The average molecular weight is 453 g/mol. The van der Waals surface area contributed by atoms with Crippen LogP contribution in [0.15, 0.2) is 54.6 Å². The maximum Gasteiger partial charge on any atom is 0.251 e. The van der Waals surface area contributed by atoms with Crippen molar-refractivity contribution in [3.05, 3.63) is 75.8 Å². The molecule has 1 heterocycles. The molecule has 3 aromatic carbocycles. The molecule has 1 N–H and O–H groups in total. The van der Waals surface area contributed by atoms with Crippen molar-refractivity contribution in [1.29, 1.82) is 0 Å². The average Bonchev–Trinajstić information content (AvgIpc) is 2.77. The number of amides is 1. The zero-order valence-corrected chi connectivity index (χ0v) is 19.3. The molecule has 0 spiro atoms. The van der Waals surface area contributed by atoms with Crippen molar-refractivity contribution in [2.75, 3.05) is 26.2 Å². The Morgan fingerprint density at radius 2 is 1.71 bits per heavy atom. The quantitative estimate of drug-likeness (QED) is 0.571. The monoisotopic (exact) mass is 452 g/mol. The summed E-state index contributed by atoms with van der Waals surface area (Å²) in [6.45, 7) is 3.69. The van der Waals surface area contributed by atoms with E-state index in [1.54, 1.807) is 0 Å². The molecule has 0 saturated carbocycles. The van der Waals surface area contributed by atoms with Gasteiger partial charge in [-0.1, -0.05) is 59.0 Å². The standard InChI is InChI=1S/C25H27BCl2N2O/c26-22-5-4-19-15-21(3-2-20(19)16-22)25(31)29-9-12-30-10-7-17(8-11-30)13-18-1-6-23(27)24(28)14-18/h1-6,14-17H,7-13,26H2,(H,29,31). The maximum absolute atomic E-state index is 12.6. The Kier molecular flexibility index (Phi) is 7.22. The van der Waals surface area contributed by atoms with Crippen molar-refractivity contribution >= 4 is 53.2 Å². The van der Waals surface area contributed by atoms with E-state index in [4.69, 9.17) is 23.2 Å². The van der Waals surface area contributed by atoms with Crippen LogP contribution in [0.1, 0.15) is 28.8 Å². The molecule has 0 atom stereocenters. The van der Waals surface area contributed by atoms with Crippen molar-refractivity contribution in [2.24, 2.45) is 5.92 Å². The maximum atomic E-state index is 12.6. The molecule has 31 heavy (non-hydrogen) atoms. The van der Waals surface area contributed by atoms with Crippen molar-refractivity contribution in [2.45, 2.75) is 19.3 Å². The summed E-state index contributed by atoms with van der Waals surface area (Å²) in [5.41, 5.74) is 3.20. The molecule has 160 valence electrons. The fourth-order valence-electron chi connectivity index (χ4n) is 4.35. The lowest BCUT2D eigenvalue weighted by atomic mass is 9.90. The number of fused-ring (bicyclic) bond motifs is 1. The Bertz CT molecular complexity index is 1080. The van der Waals surface area contributed by atoms with Crippen LogP contribution in [0.25, 0.3) is 10.8 Å². The second-order valence-electron chi connectivity index (χ2n) is 8.56. The first-order valence-corrected chi connectivity index (χ1v) is 11.7. The van der Waals surface area contributed by atoms with E-state index in [-0.39, 0.29) is 5.91 Å². The Morgan fingerprint density at radius 1 is 0.968 bits per heavy atom. The van der Waals surface area contributed by atoms with Crippen LogP contribution in [0.4, 0.5) is 0 Å². The van der Waals surface area contributed by atoms with E-state index in [0.29, 0.717) is 22.5 Å². The van der Waals surface area contributed by atoms with Gasteiger partial charge in [-0.2, -0.15) is 0 Å². The van der Waals surface area contributed by atoms with E-state index in [0.717, 1.165) is 49.8 Å². The van der Waals surface area contributed by atoms with Gasteiger partial charge in [0.05, 0.1) is 10.0 Å². The third-order valence-corrected chi connectivity index (χ3v) is 6.93. The molecule has 1 aliphatic rings. The normalized spacial score (nSPS) is 15.3. The molecule has 1 saturated heterocycles. The molecule has 0 unspecified atom stereocenters. The molecule has 1 amide bonds. The number of likely N-dealkylation sites (tertiary alicyclic amines) is 1. The second kappa shape index (κ2) is 10.1. The molecule has 0 bridgehead atoms. The Morgan fingerprint density at radius 3 is 2.48 bits per heavy atom. The van der Waals surface area contributed by atoms with E-state index in [2.05, 4.69) is 42.3 Å². The zero-order chi connectivity index (χ0) is 21.8. The van der Waals surface area contributed by atoms with Gasteiger partial charge in [0.1, 0.15) is 7.85 Å². The van der Waals surface area contributed by atoms with Crippen LogP contribution in [-0.2, 0) is 6.42 Å². The lowest BCUT2D eigenvalue weighted by Gasteiger charge is -2.32. The van der Waals surface area contributed by atoms with Crippen LogP contribution in [0, 0.1) is 5.92 Å². The Labute approximate surface area is 195 Å². The minimum absolute atomic E-state index is 0.00280. The predicted octanol–water partition coefficient (Wildman–Crippen LogP) is 4.09. The third-order valence-electron chi connectivity index (χ3n) is 6.19. The van der Waals surface area contributed by atoms with Crippen LogP contribution < -0.4 is 10.8 Å². The summed E-state index contributed by atoms with van der Waals surface area (Å²) in [5, 5.41) is 6.59. The second-order valence-corrected chi connectivity index (χ2v) is 9.37. The van der Waals surface area contributed by atoms with E-state index in [1.807, 2.05) is 30.3 Å². The number of hydrogen-bond donors (Lipinski definition) is 1. The van der Waals surface area contributed by atoms with Crippen molar-refractivity contribution < 1.29 is 4.79 Å².